The highest BCUT2D eigenvalue weighted by atomic mass is 19.1. The number of carbonyl (C=O) groups excluding carboxylic acids is 1. The molecule has 23 heavy (non-hydrogen) atoms. The zero-order chi connectivity index (χ0) is 16.4. The van der Waals surface area contributed by atoms with E-state index in [1.807, 2.05) is 6.07 Å². The lowest BCUT2D eigenvalue weighted by Crippen LogP contribution is -2.41. The van der Waals surface area contributed by atoms with Gasteiger partial charge in [0.15, 0.2) is 0 Å². The molecular formula is C16H20FN5O. The quantitative estimate of drug-likeness (QED) is 0.910. The molecule has 2 amide bonds. The van der Waals surface area contributed by atoms with E-state index < -0.39 is 0 Å². The molecule has 2 aromatic rings. The number of nitrogens with zero attached hydrogens (tertiary/aromatic N) is 3. The van der Waals surface area contributed by atoms with Crippen molar-refractivity contribution >= 4 is 6.03 Å². The summed E-state index contributed by atoms with van der Waals surface area (Å²) in [7, 11) is 1.77. The molecule has 1 heterocycles. The van der Waals surface area contributed by atoms with Crippen LogP contribution < -0.4 is 10.6 Å². The minimum absolute atomic E-state index is 0.186. The maximum atomic E-state index is 13.9. The van der Waals surface area contributed by atoms with Crippen molar-refractivity contribution < 1.29 is 9.18 Å². The summed E-state index contributed by atoms with van der Waals surface area (Å²) >= 11 is 0. The summed E-state index contributed by atoms with van der Waals surface area (Å²) in [4.78, 5) is 16.2. The summed E-state index contributed by atoms with van der Waals surface area (Å²) in [6, 6.07) is 4.58. The number of amides is 2. The molecule has 6 nitrogen and oxygen atoms in total. The lowest BCUT2D eigenvalue weighted by Gasteiger charge is -2.32. The van der Waals surface area contributed by atoms with Crippen LogP contribution in [0, 0.1) is 11.7 Å². The van der Waals surface area contributed by atoms with Gasteiger partial charge < -0.3 is 10.6 Å². The highest BCUT2D eigenvalue weighted by Crippen LogP contribution is 2.35. The number of rotatable bonds is 3. The molecule has 0 saturated carbocycles. The fourth-order valence-corrected chi connectivity index (χ4v) is 3.03. The van der Waals surface area contributed by atoms with Crippen LogP contribution in [0.25, 0.3) is 0 Å². The summed E-state index contributed by atoms with van der Waals surface area (Å²) in [6.07, 6.45) is 3.00. The van der Waals surface area contributed by atoms with Crippen LogP contribution in [0.2, 0.25) is 0 Å². The van der Waals surface area contributed by atoms with Crippen LogP contribution in [-0.4, -0.2) is 20.8 Å². The van der Waals surface area contributed by atoms with Crippen molar-refractivity contribution in [1.29, 1.82) is 0 Å². The third-order valence-corrected chi connectivity index (χ3v) is 4.41. The van der Waals surface area contributed by atoms with Crippen LogP contribution in [-0.2, 0) is 20.0 Å². The molecule has 1 aromatic carbocycles. The van der Waals surface area contributed by atoms with Crippen LogP contribution in [0.5, 0.6) is 0 Å². The molecule has 0 bridgehead atoms. The molecular weight excluding hydrogens is 297 g/mol. The first-order valence-corrected chi connectivity index (χ1v) is 7.70. The van der Waals surface area contributed by atoms with Crippen molar-refractivity contribution in [3.63, 3.8) is 0 Å². The Morgan fingerprint density at radius 2 is 2.30 bits per heavy atom. The molecule has 0 spiro atoms. The maximum absolute atomic E-state index is 13.9. The molecule has 1 aliphatic rings. The predicted molar refractivity (Wildman–Crippen MR) is 83.0 cm³/mol. The fraction of sp³-hybridized carbons (Fsp3) is 0.438. The van der Waals surface area contributed by atoms with E-state index in [1.54, 1.807) is 17.8 Å². The fourth-order valence-electron chi connectivity index (χ4n) is 3.03. The molecule has 1 aromatic heterocycles. The molecule has 2 N–H and O–H groups in total. The van der Waals surface area contributed by atoms with Gasteiger partial charge in [-0.15, -0.1) is 0 Å². The first kappa shape index (κ1) is 15.5. The summed E-state index contributed by atoms with van der Waals surface area (Å²) < 4.78 is 15.5. The van der Waals surface area contributed by atoms with Crippen molar-refractivity contribution in [3.8, 4) is 0 Å². The van der Waals surface area contributed by atoms with E-state index in [0.717, 1.165) is 12.0 Å². The van der Waals surface area contributed by atoms with Gasteiger partial charge in [-0.3, -0.25) is 4.68 Å². The lowest BCUT2D eigenvalue weighted by molar-refractivity contribution is 0.228. The second-order valence-electron chi connectivity index (χ2n) is 5.93. The first-order chi connectivity index (χ1) is 11.1. The Morgan fingerprint density at radius 3 is 3.04 bits per heavy atom. The standard InChI is InChI=1S/C16H20FN5O/c1-10-6-7-11-12(4-3-5-13(11)17)15(10)21-16(23)18-8-14-19-9-20-22(14)2/h3-5,9-10,15H,6-8H2,1-2H3,(H2,18,21,23)/t10-,15+/m0/s1. The Labute approximate surface area is 134 Å². The second-order valence-corrected chi connectivity index (χ2v) is 5.93. The summed E-state index contributed by atoms with van der Waals surface area (Å²) in [5.74, 6) is 0.730. The Morgan fingerprint density at radius 1 is 1.48 bits per heavy atom. The number of benzene rings is 1. The molecule has 0 unspecified atom stereocenters. The Bertz CT molecular complexity index is 714. The van der Waals surface area contributed by atoms with E-state index in [-0.39, 0.29) is 23.8 Å². The molecule has 3 rings (SSSR count). The largest absolute Gasteiger partial charge is 0.331 e. The van der Waals surface area contributed by atoms with Crippen molar-refractivity contribution in [3.05, 3.63) is 47.3 Å². The normalized spacial score (nSPS) is 20.0. The number of nitrogens with one attached hydrogen (secondary N) is 2. The van der Waals surface area contributed by atoms with Gasteiger partial charge in [0.25, 0.3) is 0 Å². The summed E-state index contributed by atoms with van der Waals surface area (Å²) in [5, 5.41) is 9.69. The lowest BCUT2D eigenvalue weighted by atomic mass is 9.80. The molecule has 0 aliphatic heterocycles. The minimum atomic E-state index is -0.290. The molecule has 0 fully saturated rings. The zero-order valence-corrected chi connectivity index (χ0v) is 13.2. The monoisotopic (exact) mass is 317 g/mol. The van der Waals surface area contributed by atoms with Gasteiger partial charge in [-0.1, -0.05) is 19.1 Å². The number of fused-ring (bicyclic) bond motifs is 1. The van der Waals surface area contributed by atoms with Crippen LogP contribution in [0.1, 0.15) is 36.3 Å². The van der Waals surface area contributed by atoms with Crippen LogP contribution >= 0.6 is 0 Å². The van der Waals surface area contributed by atoms with Gasteiger partial charge in [0.1, 0.15) is 18.0 Å². The van der Waals surface area contributed by atoms with Crippen molar-refractivity contribution in [2.45, 2.75) is 32.4 Å². The van der Waals surface area contributed by atoms with Crippen molar-refractivity contribution in [1.82, 2.24) is 25.4 Å². The third kappa shape index (κ3) is 3.18. The zero-order valence-electron chi connectivity index (χ0n) is 13.2. The number of hydrogen-bond donors (Lipinski definition) is 2. The van der Waals surface area contributed by atoms with Crippen LogP contribution in [0.3, 0.4) is 0 Å². The topological polar surface area (TPSA) is 71.8 Å². The van der Waals surface area contributed by atoms with Gasteiger partial charge in [-0.05, 0) is 36.0 Å². The number of urea groups is 1. The van der Waals surface area contributed by atoms with Gasteiger partial charge in [0.05, 0.1) is 12.6 Å². The maximum Gasteiger partial charge on any atom is 0.315 e. The van der Waals surface area contributed by atoms with E-state index >= 15 is 0 Å². The van der Waals surface area contributed by atoms with Crippen LogP contribution in [0.4, 0.5) is 9.18 Å². The van der Waals surface area contributed by atoms with Gasteiger partial charge >= 0.3 is 6.03 Å². The number of halogens is 1. The highest BCUT2D eigenvalue weighted by Gasteiger charge is 2.29. The van der Waals surface area contributed by atoms with Crippen molar-refractivity contribution in [2.24, 2.45) is 13.0 Å². The van der Waals surface area contributed by atoms with E-state index in [2.05, 4.69) is 27.6 Å². The number of carbonyl (C=O) groups is 1. The third-order valence-electron chi connectivity index (χ3n) is 4.41. The number of hydrogen-bond acceptors (Lipinski definition) is 3. The van der Waals surface area contributed by atoms with Crippen LogP contribution in [0.15, 0.2) is 24.5 Å². The van der Waals surface area contributed by atoms with E-state index in [9.17, 15) is 9.18 Å². The smallest absolute Gasteiger partial charge is 0.315 e. The summed E-state index contributed by atoms with van der Waals surface area (Å²) in [6.45, 7) is 2.36. The average Bonchev–Trinajstić information content (AvgIpc) is 2.93. The van der Waals surface area contributed by atoms with Gasteiger partial charge in [0.2, 0.25) is 0 Å². The average molecular weight is 317 g/mol. The number of aryl methyl sites for hydroxylation is 1. The van der Waals surface area contributed by atoms with Gasteiger partial charge in [-0.2, -0.15) is 5.10 Å². The highest BCUT2D eigenvalue weighted by molar-refractivity contribution is 5.74. The van der Waals surface area contributed by atoms with Gasteiger partial charge in [-0.25, -0.2) is 14.2 Å². The molecule has 7 heteroatoms. The molecule has 2 atom stereocenters. The Balaban J connectivity index is 1.68. The van der Waals surface area contributed by atoms with E-state index in [0.29, 0.717) is 24.4 Å². The van der Waals surface area contributed by atoms with Gasteiger partial charge in [0, 0.05) is 7.05 Å². The molecule has 0 radical (unpaired) electrons. The SMILES string of the molecule is C[C@H]1CCc2c(F)cccc2[C@@H]1NC(=O)NCc1ncnn1C. The molecule has 1 aliphatic carbocycles. The minimum Gasteiger partial charge on any atom is -0.331 e. The molecule has 0 saturated heterocycles. The Kier molecular flexibility index (Phi) is 4.27. The van der Waals surface area contributed by atoms with E-state index in [1.165, 1.54) is 12.4 Å². The Hall–Kier alpha value is -2.44. The second kappa shape index (κ2) is 6.36. The predicted octanol–water partition coefficient (Wildman–Crippen LogP) is 2.08. The number of aromatic nitrogens is 3. The first-order valence-electron chi connectivity index (χ1n) is 7.70. The van der Waals surface area contributed by atoms with Crippen molar-refractivity contribution in [2.75, 3.05) is 0 Å². The molecule has 122 valence electrons. The summed E-state index contributed by atoms with van der Waals surface area (Å²) in [5.41, 5.74) is 1.58. The van der Waals surface area contributed by atoms with E-state index in [4.69, 9.17) is 0 Å².